The summed E-state index contributed by atoms with van der Waals surface area (Å²) in [7, 11) is 0. The van der Waals surface area contributed by atoms with Crippen molar-refractivity contribution < 1.29 is 14.3 Å². The van der Waals surface area contributed by atoms with Crippen molar-refractivity contribution in [1.29, 1.82) is 0 Å². The molecule has 1 aromatic rings. The molecule has 0 bridgehead atoms. The molecule has 30 heavy (non-hydrogen) atoms. The van der Waals surface area contributed by atoms with Crippen molar-refractivity contribution >= 4 is 29.3 Å². The van der Waals surface area contributed by atoms with Gasteiger partial charge in [-0.3, -0.25) is 14.5 Å². The third kappa shape index (κ3) is 5.01. The van der Waals surface area contributed by atoms with Gasteiger partial charge in [-0.2, -0.15) is 0 Å². The second kappa shape index (κ2) is 10.2. The molecule has 0 spiro atoms. The van der Waals surface area contributed by atoms with Gasteiger partial charge in [-0.25, -0.2) is 0 Å². The molecule has 0 aromatic heterocycles. The molecule has 7 heteroatoms. The third-order valence-corrected chi connectivity index (χ3v) is 7.72. The summed E-state index contributed by atoms with van der Waals surface area (Å²) in [6.45, 7) is 4.84. The highest BCUT2D eigenvalue weighted by Crippen LogP contribution is 2.35. The summed E-state index contributed by atoms with van der Waals surface area (Å²) in [5, 5.41) is 3.17. The van der Waals surface area contributed by atoms with Gasteiger partial charge in [0.05, 0.1) is 18.9 Å². The van der Waals surface area contributed by atoms with Crippen LogP contribution in [0.25, 0.3) is 0 Å². The van der Waals surface area contributed by atoms with E-state index >= 15 is 0 Å². The normalized spacial score (nSPS) is 21.7. The molecule has 6 nitrogen and oxygen atoms in total. The quantitative estimate of drug-likeness (QED) is 0.750. The van der Waals surface area contributed by atoms with E-state index in [1.165, 1.54) is 19.3 Å². The van der Waals surface area contributed by atoms with Crippen LogP contribution in [-0.2, 0) is 14.3 Å². The highest BCUT2D eigenvalue weighted by atomic mass is 32.2. The van der Waals surface area contributed by atoms with Gasteiger partial charge in [0, 0.05) is 55.2 Å². The van der Waals surface area contributed by atoms with E-state index in [9.17, 15) is 9.59 Å². The van der Waals surface area contributed by atoms with E-state index in [0.29, 0.717) is 13.1 Å². The first-order valence-corrected chi connectivity index (χ1v) is 12.3. The zero-order valence-electron chi connectivity index (χ0n) is 17.7. The number of carbonyl (C=O) groups excluding carboxylic acids is 2. The lowest BCUT2D eigenvalue weighted by atomic mass is 9.79. The van der Waals surface area contributed by atoms with Crippen LogP contribution in [-0.4, -0.2) is 67.4 Å². The molecular formula is C23H33N3O3S. The van der Waals surface area contributed by atoms with E-state index in [1.807, 2.05) is 23.1 Å². The maximum Gasteiger partial charge on any atom is 0.227 e. The molecule has 2 heterocycles. The highest BCUT2D eigenvalue weighted by Gasteiger charge is 2.38. The minimum atomic E-state index is -0.0128. The Morgan fingerprint density at radius 2 is 1.80 bits per heavy atom. The molecule has 2 fully saturated rings. The fourth-order valence-electron chi connectivity index (χ4n) is 4.99. The van der Waals surface area contributed by atoms with Gasteiger partial charge in [-0.1, -0.05) is 31.4 Å². The van der Waals surface area contributed by atoms with Crippen molar-refractivity contribution in [1.82, 2.24) is 10.2 Å². The zero-order chi connectivity index (χ0) is 20.8. The molecule has 1 aromatic carbocycles. The van der Waals surface area contributed by atoms with Crippen LogP contribution in [0.4, 0.5) is 5.69 Å². The Labute approximate surface area is 183 Å². The Morgan fingerprint density at radius 1 is 1.03 bits per heavy atom. The van der Waals surface area contributed by atoms with E-state index in [2.05, 4.69) is 16.3 Å². The van der Waals surface area contributed by atoms with Crippen molar-refractivity contribution in [2.75, 3.05) is 50.0 Å². The Hall–Kier alpha value is -1.57. The fraction of sp³-hybridized carbons (Fsp3) is 0.652. The molecule has 2 amide bonds. The minimum Gasteiger partial charge on any atom is -0.379 e. The van der Waals surface area contributed by atoms with Crippen molar-refractivity contribution in [2.45, 2.75) is 55.4 Å². The molecule has 1 saturated carbocycles. The molecule has 0 radical (unpaired) electrons. The second-order valence-electron chi connectivity index (χ2n) is 8.52. The molecule has 0 unspecified atom stereocenters. The van der Waals surface area contributed by atoms with Crippen molar-refractivity contribution in [3.63, 3.8) is 0 Å². The zero-order valence-corrected chi connectivity index (χ0v) is 18.6. The molecular weight excluding hydrogens is 398 g/mol. The summed E-state index contributed by atoms with van der Waals surface area (Å²) in [6.07, 6.45) is 6.50. The number of thioether (sulfide) groups is 1. The van der Waals surface area contributed by atoms with Gasteiger partial charge in [-0.15, -0.1) is 11.8 Å². The molecule has 4 rings (SSSR count). The van der Waals surface area contributed by atoms with Crippen LogP contribution in [0.15, 0.2) is 29.2 Å². The maximum absolute atomic E-state index is 12.8. The Morgan fingerprint density at radius 3 is 2.60 bits per heavy atom. The van der Waals surface area contributed by atoms with Gasteiger partial charge >= 0.3 is 0 Å². The number of amides is 2. The molecule has 1 aliphatic carbocycles. The van der Waals surface area contributed by atoms with Gasteiger partial charge in [0.1, 0.15) is 0 Å². The third-order valence-electron chi connectivity index (χ3n) is 6.68. The Bertz CT molecular complexity index is 745. The average molecular weight is 432 g/mol. The van der Waals surface area contributed by atoms with E-state index in [-0.39, 0.29) is 30.2 Å². The summed E-state index contributed by atoms with van der Waals surface area (Å²) in [5.74, 6) is 0.927. The van der Waals surface area contributed by atoms with Crippen LogP contribution in [0, 0.1) is 0 Å². The SMILES string of the molecule is O=C(CCC(=O)N1CCSc2ccccc21)NCC1(N2CCOCC2)CCCCC1. The summed E-state index contributed by atoms with van der Waals surface area (Å²) in [4.78, 5) is 30.9. The number of nitrogens with one attached hydrogen (secondary N) is 1. The lowest BCUT2D eigenvalue weighted by Gasteiger charge is -2.48. The summed E-state index contributed by atoms with van der Waals surface area (Å²) in [5.41, 5.74) is 1.04. The number of anilines is 1. The van der Waals surface area contributed by atoms with Gasteiger partial charge in [0.15, 0.2) is 0 Å². The maximum atomic E-state index is 12.8. The molecule has 1 saturated heterocycles. The minimum absolute atomic E-state index is 0.0128. The van der Waals surface area contributed by atoms with Gasteiger partial charge in [-0.05, 0) is 25.0 Å². The summed E-state index contributed by atoms with van der Waals surface area (Å²) in [6, 6.07) is 8.02. The van der Waals surface area contributed by atoms with Crippen molar-refractivity contribution in [2.24, 2.45) is 0 Å². The first-order chi connectivity index (χ1) is 14.7. The number of nitrogens with zero attached hydrogens (tertiary/aromatic N) is 2. The van der Waals surface area contributed by atoms with Crippen LogP contribution in [0.5, 0.6) is 0 Å². The topological polar surface area (TPSA) is 61.9 Å². The standard InChI is InChI=1S/C23H33N3O3S/c27-21(8-9-22(28)26-14-17-30-20-7-3-2-6-19(20)26)24-18-23(10-4-1-5-11-23)25-12-15-29-16-13-25/h2-3,6-7H,1,4-5,8-18H2,(H,24,27). The molecule has 164 valence electrons. The number of morpholine rings is 1. The van der Waals surface area contributed by atoms with Crippen LogP contribution in [0.2, 0.25) is 0 Å². The Balaban J connectivity index is 1.29. The monoisotopic (exact) mass is 431 g/mol. The molecule has 2 aliphatic heterocycles. The first-order valence-electron chi connectivity index (χ1n) is 11.3. The van der Waals surface area contributed by atoms with Crippen LogP contribution < -0.4 is 10.2 Å². The molecule has 0 atom stereocenters. The lowest BCUT2D eigenvalue weighted by Crippen LogP contribution is -2.59. The van der Waals surface area contributed by atoms with Crippen LogP contribution >= 0.6 is 11.8 Å². The Kier molecular flexibility index (Phi) is 7.33. The second-order valence-corrected chi connectivity index (χ2v) is 9.66. The van der Waals surface area contributed by atoms with Crippen molar-refractivity contribution in [3.05, 3.63) is 24.3 Å². The number of carbonyl (C=O) groups is 2. The summed E-state index contributed by atoms with van der Waals surface area (Å²) < 4.78 is 5.54. The van der Waals surface area contributed by atoms with Gasteiger partial charge in [0.25, 0.3) is 0 Å². The number of benzene rings is 1. The number of ether oxygens (including phenoxy) is 1. The van der Waals surface area contributed by atoms with Gasteiger partial charge in [0.2, 0.25) is 11.8 Å². The average Bonchev–Trinajstić information content (AvgIpc) is 2.82. The first kappa shape index (κ1) is 21.7. The largest absolute Gasteiger partial charge is 0.379 e. The molecule has 3 aliphatic rings. The molecule has 1 N–H and O–H groups in total. The summed E-state index contributed by atoms with van der Waals surface area (Å²) >= 11 is 1.78. The number of fused-ring (bicyclic) bond motifs is 1. The van der Waals surface area contributed by atoms with E-state index < -0.39 is 0 Å². The van der Waals surface area contributed by atoms with Crippen LogP contribution in [0.1, 0.15) is 44.9 Å². The van der Waals surface area contributed by atoms with Crippen LogP contribution in [0.3, 0.4) is 0 Å². The predicted molar refractivity (Wildman–Crippen MR) is 120 cm³/mol. The smallest absolute Gasteiger partial charge is 0.227 e. The fourth-order valence-corrected chi connectivity index (χ4v) is 5.98. The number of para-hydroxylation sites is 1. The van der Waals surface area contributed by atoms with Gasteiger partial charge < -0.3 is 15.0 Å². The van der Waals surface area contributed by atoms with E-state index in [4.69, 9.17) is 4.74 Å². The van der Waals surface area contributed by atoms with Crippen molar-refractivity contribution in [3.8, 4) is 0 Å². The number of rotatable bonds is 6. The highest BCUT2D eigenvalue weighted by molar-refractivity contribution is 7.99. The predicted octanol–water partition coefficient (Wildman–Crippen LogP) is 3.06. The lowest BCUT2D eigenvalue weighted by molar-refractivity contribution is -0.126. The van der Waals surface area contributed by atoms with E-state index in [0.717, 1.165) is 55.5 Å². The number of hydrogen-bond acceptors (Lipinski definition) is 5. The van der Waals surface area contributed by atoms with E-state index in [1.54, 1.807) is 11.8 Å². The number of hydrogen-bond donors (Lipinski definition) is 1.